The quantitative estimate of drug-likeness (QED) is 0.816. The van der Waals surface area contributed by atoms with Gasteiger partial charge in [0.05, 0.1) is 0 Å². The lowest BCUT2D eigenvalue weighted by Gasteiger charge is -2.11. The van der Waals surface area contributed by atoms with Gasteiger partial charge >= 0.3 is 0 Å². The summed E-state index contributed by atoms with van der Waals surface area (Å²) in [6.45, 7) is 3.90. The molecular weight excluding hydrogens is 245 g/mol. The minimum Gasteiger partial charge on any atom is -0.316 e. The van der Waals surface area contributed by atoms with Gasteiger partial charge in [0.15, 0.2) is 0 Å². The van der Waals surface area contributed by atoms with Gasteiger partial charge in [-0.05, 0) is 37.1 Å². The lowest BCUT2D eigenvalue weighted by Crippen LogP contribution is -2.09. The second-order valence-corrected chi connectivity index (χ2v) is 4.67. The number of benzene rings is 1. The normalized spacial score (nSPS) is 21.5. The minimum absolute atomic E-state index is 0.0869. The Morgan fingerprint density at radius 3 is 2.93 bits per heavy atom. The summed E-state index contributed by atoms with van der Waals surface area (Å²) in [5.41, 5.74) is 1.96. The first kappa shape index (κ1) is 10.1. The van der Waals surface area contributed by atoms with E-state index in [1.807, 2.05) is 13.0 Å². The topological polar surface area (TPSA) is 12.0 Å². The van der Waals surface area contributed by atoms with Crippen molar-refractivity contribution in [1.29, 1.82) is 0 Å². The van der Waals surface area contributed by atoms with E-state index in [9.17, 15) is 4.39 Å². The van der Waals surface area contributed by atoms with Crippen LogP contribution in [0.15, 0.2) is 16.6 Å². The number of halogens is 2. The molecule has 0 bridgehead atoms. The first-order chi connectivity index (χ1) is 6.68. The van der Waals surface area contributed by atoms with E-state index in [1.54, 1.807) is 6.07 Å². The van der Waals surface area contributed by atoms with Crippen LogP contribution >= 0.6 is 15.9 Å². The Morgan fingerprint density at radius 1 is 1.50 bits per heavy atom. The van der Waals surface area contributed by atoms with E-state index in [1.165, 1.54) is 0 Å². The van der Waals surface area contributed by atoms with Crippen LogP contribution in [0, 0.1) is 12.7 Å². The van der Waals surface area contributed by atoms with Gasteiger partial charge in [-0.25, -0.2) is 4.39 Å². The van der Waals surface area contributed by atoms with E-state index in [0.29, 0.717) is 5.92 Å². The average molecular weight is 258 g/mol. The third-order valence-corrected chi connectivity index (χ3v) is 3.63. The zero-order valence-corrected chi connectivity index (χ0v) is 9.70. The number of hydrogen-bond donors (Lipinski definition) is 1. The van der Waals surface area contributed by atoms with Crippen LogP contribution in [0.3, 0.4) is 0 Å². The maximum absolute atomic E-state index is 13.6. The van der Waals surface area contributed by atoms with Crippen LogP contribution in [0.2, 0.25) is 0 Å². The highest BCUT2D eigenvalue weighted by Gasteiger charge is 2.20. The molecule has 1 heterocycles. The van der Waals surface area contributed by atoms with Crippen molar-refractivity contribution in [2.45, 2.75) is 19.3 Å². The zero-order valence-electron chi connectivity index (χ0n) is 8.11. The summed E-state index contributed by atoms with van der Waals surface area (Å²) in [5.74, 6) is 0.262. The summed E-state index contributed by atoms with van der Waals surface area (Å²) in [5, 5.41) is 3.25. The Kier molecular flexibility index (Phi) is 2.88. The van der Waals surface area contributed by atoms with Crippen molar-refractivity contribution < 1.29 is 4.39 Å². The van der Waals surface area contributed by atoms with Gasteiger partial charge in [0, 0.05) is 16.9 Å². The van der Waals surface area contributed by atoms with Crippen LogP contribution < -0.4 is 5.32 Å². The lowest BCUT2D eigenvalue weighted by molar-refractivity contribution is 0.586. The van der Waals surface area contributed by atoms with Gasteiger partial charge in [0.2, 0.25) is 0 Å². The van der Waals surface area contributed by atoms with Crippen molar-refractivity contribution in [3.63, 3.8) is 0 Å². The second kappa shape index (κ2) is 3.99. The highest BCUT2D eigenvalue weighted by molar-refractivity contribution is 9.10. The molecule has 0 aromatic heterocycles. The Balaban J connectivity index is 2.37. The maximum Gasteiger partial charge on any atom is 0.127 e. The fraction of sp³-hybridized carbons (Fsp3) is 0.455. The van der Waals surface area contributed by atoms with E-state index < -0.39 is 0 Å². The molecule has 0 amide bonds. The molecule has 0 spiro atoms. The van der Waals surface area contributed by atoms with E-state index in [4.69, 9.17) is 0 Å². The molecule has 14 heavy (non-hydrogen) atoms. The van der Waals surface area contributed by atoms with Crippen molar-refractivity contribution in [3.05, 3.63) is 33.5 Å². The summed E-state index contributed by atoms with van der Waals surface area (Å²) < 4.78 is 14.5. The van der Waals surface area contributed by atoms with Gasteiger partial charge in [-0.3, -0.25) is 0 Å². The average Bonchev–Trinajstić information content (AvgIpc) is 2.64. The maximum atomic E-state index is 13.6. The van der Waals surface area contributed by atoms with Crippen molar-refractivity contribution in [2.24, 2.45) is 0 Å². The van der Waals surface area contributed by atoms with Crippen LogP contribution in [-0.4, -0.2) is 13.1 Å². The first-order valence-corrected chi connectivity index (χ1v) is 5.64. The summed E-state index contributed by atoms with van der Waals surface area (Å²) in [4.78, 5) is 0. The molecule has 0 aliphatic carbocycles. The molecule has 76 valence electrons. The van der Waals surface area contributed by atoms with Crippen LogP contribution in [0.1, 0.15) is 23.5 Å². The van der Waals surface area contributed by atoms with E-state index >= 15 is 0 Å². The minimum atomic E-state index is -0.0869. The summed E-state index contributed by atoms with van der Waals surface area (Å²) in [7, 11) is 0. The van der Waals surface area contributed by atoms with Gasteiger partial charge in [0.1, 0.15) is 5.82 Å². The molecule has 1 atom stereocenters. The van der Waals surface area contributed by atoms with Crippen molar-refractivity contribution in [1.82, 2.24) is 5.32 Å². The fourth-order valence-electron chi connectivity index (χ4n) is 1.91. The molecule has 1 aliphatic heterocycles. The molecule has 1 aromatic rings. The van der Waals surface area contributed by atoms with Gasteiger partial charge in [-0.15, -0.1) is 0 Å². The fourth-order valence-corrected chi connectivity index (χ4v) is 2.23. The molecule has 1 N–H and O–H groups in total. The molecule has 0 radical (unpaired) electrons. The predicted molar refractivity (Wildman–Crippen MR) is 59.1 cm³/mol. The Morgan fingerprint density at radius 2 is 2.29 bits per heavy atom. The van der Waals surface area contributed by atoms with Gasteiger partial charge in [-0.2, -0.15) is 0 Å². The standard InChI is InChI=1S/C11H13BrFN/c1-7-4-9(8-2-3-14-6-8)11(13)5-10(7)12/h4-5,8,14H,2-3,6H2,1H3. The molecule has 1 aliphatic rings. The van der Waals surface area contributed by atoms with Crippen molar-refractivity contribution in [3.8, 4) is 0 Å². The first-order valence-electron chi connectivity index (χ1n) is 4.84. The molecule has 1 unspecified atom stereocenters. The summed E-state index contributed by atoms with van der Waals surface area (Å²) in [6.07, 6.45) is 1.04. The van der Waals surface area contributed by atoms with E-state index in [-0.39, 0.29) is 5.82 Å². The van der Waals surface area contributed by atoms with Crippen LogP contribution in [0.4, 0.5) is 4.39 Å². The van der Waals surface area contributed by atoms with Crippen molar-refractivity contribution >= 4 is 15.9 Å². The van der Waals surface area contributed by atoms with Gasteiger partial charge in [0.25, 0.3) is 0 Å². The SMILES string of the molecule is Cc1cc(C2CCNC2)c(F)cc1Br. The molecule has 3 heteroatoms. The molecule has 1 fully saturated rings. The van der Waals surface area contributed by atoms with Crippen LogP contribution in [0.5, 0.6) is 0 Å². The number of rotatable bonds is 1. The largest absolute Gasteiger partial charge is 0.316 e. The van der Waals surface area contributed by atoms with Gasteiger partial charge < -0.3 is 5.32 Å². The third kappa shape index (κ3) is 1.84. The highest BCUT2D eigenvalue weighted by Crippen LogP contribution is 2.29. The third-order valence-electron chi connectivity index (χ3n) is 2.78. The lowest BCUT2D eigenvalue weighted by atomic mass is 9.96. The number of hydrogen-bond acceptors (Lipinski definition) is 1. The van der Waals surface area contributed by atoms with Gasteiger partial charge in [-0.1, -0.05) is 22.0 Å². The molecule has 1 aromatic carbocycles. The van der Waals surface area contributed by atoms with Crippen LogP contribution in [0.25, 0.3) is 0 Å². The predicted octanol–water partition coefficient (Wildman–Crippen LogP) is 2.97. The molecular formula is C11H13BrFN. The molecule has 0 saturated carbocycles. The molecule has 2 rings (SSSR count). The Labute approximate surface area is 91.8 Å². The Hall–Kier alpha value is -0.410. The monoisotopic (exact) mass is 257 g/mol. The molecule has 1 nitrogen and oxygen atoms in total. The number of aryl methyl sites for hydroxylation is 1. The second-order valence-electron chi connectivity index (χ2n) is 3.81. The molecule has 1 saturated heterocycles. The van der Waals surface area contributed by atoms with E-state index in [2.05, 4.69) is 21.2 Å². The summed E-state index contributed by atoms with van der Waals surface area (Å²) >= 11 is 3.33. The van der Waals surface area contributed by atoms with E-state index in [0.717, 1.165) is 35.1 Å². The summed E-state index contributed by atoms with van der Waals surface area (Å²) in [6, 6.07) is 3.53. The number of nitrogens with one attached hydrogen (secondary N) is 1. The highest BCUT2D eigenvalue weighted by atomic mass is 79.9. The Bertz CT molecular complexity index is 345. The smallest absolute Gasteiger partial charge is 0.127 e. The van der Waals surface area contributed by atoms with Crippen LogP contribution in [-0.2, 0) is 0 Å². The zero-order chi connectivity index (χ0) is 10.1. The van der Waals surface area contributed by atoms with Crippen molar-refractivity contribution in [2.75, 3.05) is 13.1 Å².